The van der Waals surface area contributed by atoms with Gasteiger partial charge in [0, 0.05) is 5.97 Å². The molecule has 1 atom stereocenters. The van der Waals surface area contributed by atoms with E-state index in [4.69, 9.17) is 0 Å². The second kappa shape index (κ2) is 19.3. The molecule has 120 valence electrons. The Hall–Kier alpha value is 0.286. The van der Waals surface area contributed by atoms with E-state index >= 15 is 0 Å². The number of carboxylic acids is 1. The van der Waals surface area contributed by atoms with Gasteiger partial charge in [-0.2, -0.15) is 0 Å². The molecule has 0 rings (SSSR count). The summed E-state index contributed by atoms with van der Waals surface area (Å²) in [4.78, 5) is 10.2. The average molecular weight is 333 g/mol. The fourth-order valence-corrected chi connectivity index (χ4v) is 1.89. The second-order valence-corrected chi connectivity index (χ2v) is 5.23. The number of aliphatic carboxylic acids is 1. The summed E-state index contributed by atoms with van der Waals surface area (Å²) in [7, 11) is 0. The number of hydrogen-bond acceptors (Lipinski definition) is 3. The number of aliphatic hydroxyl groups excluding tert-OH is 1. The fraction of sp³-hybridized carbons (Fsp3) is 0.611. The topological polar surface area (TPSA) is 60.4 Å². The minimum absolute atomic E-state index is 0. The average Bonchev–Trinajstić information content (AvgIpc) is 2.45. The molecule has 0 aliphatic rings. The molecule has 0 fully saturated rings. The largest absolute Gasteiger partial charge is 1.00 e. The Kier molecular flexibility index (Phi) is 21.6. The first-order valence-corrected chi connectivity index (χ1v) is 8.04. The van der Waals surface area contributed by atoms with Crippen LogP contribution in [0.1, 0.15) is 64.7 Å². The third-order valence-corrected chi connectivity index (χ3v) is 3.16. The smallest absolute Gasteiger partial charge is 0.550 e. The minimum Gasteiger partial charge on any atom is -0.550 e. The van der Waals surface area contributed by atoms with Gasteiger partial charge >= 0.3 is 51.4 Å². The molecule has 0 spiro atoms. The van der Waals surface area contributed by atoms with Gasteiger partial charge in [0.1, 0.15) is 0 Å². The van der Waals surface area contributed by atoms with Crippen LogP contribution in [0, 0.1) is 0 Å². The standard InChI is InChI=1S/C18H30O3.K/c1-2-3-4-5-6-7-8-11-14-17(19)15-12-9-10-13-16-18(20)21;/h5-8,11,14,17,19H,2-4,9-10,12-13,15-16H2,1H3,(H,20,21);/q;+1/p-1/b6-5+,8-7+,14-11+;. The molecule has 3 nitrogen and oxygen atoms in total. The zero-order chi connectivity index (χ0) is 15.8. The van der Waals surface area contributed by atoms with Crippen LogP contribution in [0.3, 0.4) is 0 Å². The molecule has 1 N–H and O–H groups in total. The Labute approximate surface area is 178 Å². The van der Waals surface area contributed by atoms with Crippen LogP contribution in [-0.4, -0.2) is 17.2 Å². The molecular weight excluding hydrogens is 303 g/mol. The minimum atomic E-state index is -0.978. The van der Waals surface area contributed by atoms with Crippen molar-refractivity contribution >= 4 is 5.97 Å². The fourth-order valence-electron chi connectivity index (χ4n) is 1.89. The maximum absolute atomic E-state index is 10.2. The van der Waals surface area contributed by atoms with Crippen molar-refractivity contribution in [3.63, 3.8) is 0 Å². The SMILES string of the molecule is CCCC/C=C/C=C/C=C/C(O)CCCCCCC(=O)[O-].[K+]. The van der Waals surface area contributed by atoms with Gasteiger partial charge in [-0.1, -0.05) is 75.5 Å². The zero-order valence-electron chi connectivity index (χ0n) is 14.2. The van der Waals surface area contributed by atoms with E-state index in [0.29, 0.717) is 6.42 Å². The predicted octanol–water partition coefficient (Wildman–Crippen LogP) is 0.301. The maximum Gasteiger partial charge on any atom is 1.00 e. The van der Waals surface area contributed by atoms with Crippen molar-refractivity contribution < 1.29 is 66.4 Å². The number of allylic oxidation sites excluding steroid dienone is 5. The third-order valence-electron chi connectivity index (χ3n) is 3.16. The van der Waals surface area contributed by atoms with Gasteiger partial charge in [-0.3, -0.25) is 0 Å². The molecular formula is C18H29KO3. The Morgan fingerprint density at radius 2 is 1.73 bits per heavy atom. The van der Waals surface area contributed by atoms with Crippen LogP contribution >= 0.6 is 0 Å². The molecule has 0 saturated carbocycles. The van der Waals surface area contributed by atoms with Crippen molar-refractivity contribution in [1.82, 2.24) is 0 Å². The summed E-state index contributed by atoms with van der Waals surface area (Å²) in [6.07, 6.45) is 19.1. The van der Waals surface area contributed by atoms with Crippen LogP contribution in [-0.2, 0) is 4.79 Å². The normalized spacial score (nSPS) is 13.0. The van der Waals surface area contributed by atoms with E-state index in [0.717, 1.165) is 32.1 Å². The number of carboxylic acid groups (broad SMARTS) is 1. The first-order valence-electron chi connectivity index (χ1n) is 8.04. The van der Waals surface area contributed by atoms with Gasteiger partial charge in [-0.25, -0.2) is 0 Å². The number of carbonyl (C=O) groups excluding carboxylic acids is 1. The molecule has 4 heteroatoms. The van der Waals surface area contributed by atoms with Crippen LogP contribution in [0.5, 0.6) is 0 Å². The summed E-state index contributed by atoms with van der Waals surface area (Å²) in [5.41, 5.74) is 0. The predicted molar refractivity (Wildman–Crippen MR) is 85.7 cm³/mol. The first-order chi connectivity index (χ1) is 10.2. The summed E-state index contributed by atoms with van der Waals surface area (Å²) in [6, 6.07) is 0. The van der Waals surface area contributed by atoms with Crippen LogP contribution in [0.25, 0.3) is 0 Å². The summed E-state index contributed by atoms with van der Waals surface area (Å²) in [5.74, 6) is -0.978. The molecule has 1 unspecified atom stereocenters. The van der Waals surface area contributed by atoms with Crippen LogP contribution < -0.4 is 56.5 Å². The number of hydrogen-bond donors (Lipinski definition) is 1. The van der Waals surface area contributed by atoms with Gasteiger partial charge < -0.3 is 15.0 Å². The number of carbonyl (C=O) groups is 1. The Morgan fingerprint density at radius 3 is 2.41 bits per heavy atom. The van der Waals surface area contributed by atoms with Crippen LogP contribution in [0.15, 0.2) is 36.5 Å². The molecule has 0 aliphatic carbocycles. The molecule has 0 saturated heterocycles. The molecule has 22 heavy (non-hydrogen) atoms. The molecule has 0 radical (unpaired) electrons. The van der Waals surface area contributed by atoms with Crippen molar-refractivity contribution in [2.45, 2.75) is 70.8 Å². The molecule has 0 amide bonds. The van der Waals surface area contributed by atoms with Crippen molar-refractivity contribution in [3.05, 3.63) is 36.5 Å². The summed E-state index contributed by atoms with van der Waals surface area (Å²) in [6.45, 7) is 2.18. The number of rotatable bonds is 13. The molecule has 0 aromatic heterocycles. The summed E-state index contributed by atoms with van der Waals surface area (Å²) >= 11 is 0. The number of unbranched alkanes of at least 4 members (excludes halogenated alkanes) is 5. The van der Waals surface area contributed by atoms with Crippen molar-refractivity contribution in [3.8, 4) is 0 Å². The molecule has 0 aromatic rings. The third kappa shape index (κ3) is 20.3. The summed E-state index contributed by atoms with van der Waals surface area (Å²) < 4.78 is 0. The van der Waals surface area contributed by atoms with E-state index in [1.807, 2.05) is 24.3 Å². The van der Waals surface area contributed by atoms with Crippen LogP contribution in [0.2, 0.25) is 0 Å². The van der Waals surface area contributed by atoms with E-state index in [9.17, 15) is 15.0 Å². The first kappa shape index (κ1) is 24.5. The Balaban J connectivity index is 0. The van der Waals surface area contributed by atoms with Crippen LogP contribution in [0.4, 0.5) is 0 Å². The molecule has 0 heterocycles. The molecule has 0 bridgehead atoms. The van der Waals surface area contributed by atoms with Gasteiger partial charge in [0.05, 0.1) is 6.10 Å². The van der Waals surface area contributed by atoms with Gasteiger partial charge in [0.15, 0.2) is 0 Å². The quantitative estimate of drug-likeness (QED) is 0.300. The monoisotopic (exact) mass is 332 g/mol. The molecule has 0 aromatic carbocycles. The van der Waals surface area contributed by atoms with Crippen molar-refractivity contribution in [2.75, 3.05) is 0 Å². The Morgan fingerprint density at radius 1 is 1.05 bits per heavy atom. The maximum atomic E-state index is 10.2. The Bertz CT molecular complexity index is 335. The van der Waals surface area contributed by atoms with Gasteiger partial charge in [0.2, 0.25) is 0 Å². The second-order valence-electron chi connectivity index (χ2n) is 5.23. The zero-order valence-corrected chi connectivity index (χ0v) is 17.3. The van der Waals surface area contributed by atoms with E-state index in [-0.39, 0.29) is 57.8 Å². The van der Waals surface area contributed by atoms with E-state index < -0.39 is 12.1 Å². The van der Waals surface area contributed by atoms with E-state index in [1.54, 1.807) is 6.08 Å². The van der Waals surface area contributed by atoms with Gasteiger partial charge in [-0.05, 0) is 25.7 Å². The van der Waals surface area contributed by atoms with Crippen molar-refractivity contribution in [2.24, 2.45) is 0 Å². The van der Waals surface area contributed by atoms with E-state index in [1.165, 1.54) is 12.8 Å². The van der Waals surface area contributed by atoms with Gasteiger partial charge in [-0.15, -0.1) is 0 Å². The van der Waals surface area contributed by atoms with E-state index in [2.05, 4.69) is 13.0 Å². The summed E-state index contributed by atoms with van der Waals surface area (Å²) in [5, 5.41) is 19.9. The van der Waals surface area contributed by atoms with Gasteiger partial charge in [0.25, 0.3) is 0 Å². The molecule has 0 aliphatic heterocycles. The number of aliphatic hydroxyl groups is 1. The van der Waals surface area contributed by atoms with Crippen molar-refractivity contribution in [1.29, 1.82) is 0 Å².